The maximum atomic E-state index is 11.7. The largest absolute Gasteiger partial charge is 0.507 e. The molecule has 0 heterocycles. The van der Waals surface area contributed by atoms with Crippen molar-refractivity contribution in [2.24, 2.45) is 0 Å². The van der Waals surface area contributed by atoms with Crippen molar-refractivity contribution in [3.63, 3.8) is 0 Å². The van der Waals surface area contributed by atoms with Gasteiger partial charge in [-0.3, -0.25) is 0 Å². The second-order valence-electron chi connectivity index (χ2n) is 4.28. The summed E-state index contributed by atoms with van der Waals surface area (Å²) in [6.07, 6.45) is 5.58. The molecule has 6 heteroatoms. The lowest BCUT2D eigenvalue weighted by Crippen LogP contribution is -2.36. The van der Waals surface area contributed by atoms with Gasteiger partial charge in [-0.05, 0) is 31.0 Å². The molecule has 1 aliphatic rings. The molecule has 6 nitrogen and oxygen atoms in total. The number of hydrogen-bond acceptors (Lipinski definition) is 3. The van der Waals surface area contributed by atoms with Crippen molar-refractivity contribution >= 4 is 17.7 Å². The highest BCUT2D eigenvalue weighted by Crippen LogP contribution is 2.21. The van der Waals surface area contributed by atoms with Crippen LogP contribution in [-0.2, 0) is 0 Å². The molecule has 2 rings (SSSR count). The first-order chi connectivity index (χ1) is 9.06. The summed E-state index contributed by atoms with van der Waals surface area (Å²) in [7, 11) is 0. The zero-order valence-electron chi connectivity index (χ0n) is 10.1. The Morgan fingerprint density at radius 2 is 1.89 bits per heavy atom. The highest BCUT2D eigenvalue weighted by Gasteiger charge is 2.14. The number of carboxylic acid groups (broad SMARTS) is 1. The van der Waals surface area contributed by atoms with Crippen molar-refractivity contribution in [1.29, 1.82) is 0 Å². The number of anilines is 1. The molecule has 19 heavy (non-hydrogen) atoms. The highest BCUT2D eigenvalue weighted by molar-refractivity contribution is 5.95. The Kier molecular flexibility index (Phi) is 3.70. The molecule has 2 amide bonds. The second kappa shape index (κ2) is 5.43. The molecule has 1 aliphatic carbocycles. The Morgan fingerprint density at radius 3 is 2.53 bits per heavy atom. The Bertz CT molecular complexity index is 531. The molecule has 0 aromatic heterocycles. The summed E-state index contributed by atoms with van der Waals surface area (Å²) in [6.45, 7) is 0. The van der Waals surface area contributed by atoms with Crippen LogP contribution in [0.5, 0.6) is 5.75 Å². The first-order valence-corrected chi connectivity index (χ1v) is 5.85. The van der Waals surface area contributed by atoms with Crippen LogP contribution in [0.3, 0.4) is 0 Å². The fourth-order valence-corrected chi connectivity index (χ4v) is 1.87. The number of carboxylic acids is 1. The van der Waals surface area contributed by atoms with Crippen LogP contribution in [0, 0.1) is 0 Å². The van der Waals surface area contributed by atoms with Gasteiger partial charge in [0.05, 0.1) is 0 Å². The van der Waals surface area contributed by atoms with Gasteiger partial charge in [-0.15, -0.1) is 0 Å². The van der Waals surface area contributed by atoms with Gasteiger partial charge in [-0.25, -0.2) is 9.59 Å². The third kappa shape index (κ3) is 3.25. The van der Waals surface area contributed by atoms with Crippen LogP contribution in [0.2, 0.25) is 0 Å². The van der Waals surface area contributed by atoms with E-state index in [2.05, 4.69) is 10.6 Å². The van der Waals surface area contributed by atoms with Crippen molar-refractivity contribution in [2.75, 3.05) is 5.32 Å². The minimum Gasteiger partial charge on any atom is -0.507 e. The van der Waals surface area contributed by atoms with Gasteiger partial charge in [0.15, 0.2) is 0 Å². The third-order valence-electron chi connectivity index (χ3n) is 2.83. The summed E-state index contributed by atoms with van der Waals surface area (Å²) in [4.78, 5) is 22.5. The van der Waals surface area contributed by atoms with Gasteiger partial charge in [-0.1, -0.05) is 12.2 Å². The maximum absolute atomic E-state index is 11.7. The van der Waals surface area contributed by atoms with E-state index in [1.54, 1.807) is 0 Å². The zero-order valence-corrected chi connectivity index (χ0v) is 10.1. The van der Waals surface area contributed by atoms with Crippen molar-refractivity contribution in [1.82, 2.24) is 5.32 Å². The number of nitrogens with one attached hydrogen (secondary N) is 2. The predicted molar refractivity (Wildman–Crippen MR) is 69.4 cm³/mol. The van der Waals surface area contributed by atoms with Gasteiger partial charge in [0, 0.05) is 11.7 Å². The Labute approximate surface area is 109 Å². The lowest BCUT2D eigenvalue weighted by atomic mass is 10.2. The van der Waals surface area contributed by atoms with E-state index in [0.29, 0.717) is 5.69 Å². The van der Waals surface area contributed by atoms with E-state index in [9.17, 15) is 14.7 Å². The smallest absolute Gasteiger partial charge is 0.339 e. The number of hydrogen-bond donors (Lipinski definition) is 4. The number of carbonyl (C=O) groups is 2. The molecule has 0 aliphatic heterocycles. The Hall–Kier alpha value is -2.50. The Morgan fingerprint density at radius 1 is 1.21 bits per heavy atom. The summed E-state index contributed by atoms with van der Waals surface area (Å²) >= 11 is 0. The van der Waals surface area contributed by atoms with Crippen LogP contribution in [0.25, 0.3) is 0 Å². The van der Waals surface area contributed by atoms with Gasteiger partial charge in [-0.2, -0.15) is 0 Å². The van der Waals surface area contributed by atoms with Crippen LogP contribution in [0.1, 0.15) is 23.2 Å². The topological polar surface area (TPSA) is 98.7 Å². The van der Waals surface area contributed by atoms with E-state index >= 15 is 0 Å². The van der Waals surface area contributed by atoms with Crippen molar-refractivity contribution in [2.45, 2.75) is 18.9 Å². The van der Waals surface area contributed by atoms with E-state index < -0.39 is 12.0 Å². The van der Waals surface area contributed by atoms with Gasteiger partial charge >= 0.3 is 12.0 Å². The molecule has 1 aromatic rings. The van der Waals surface area contributed by atoms with Gasteiger partial charge in [0.25, 0.3) is 0 Å². The molecule has 1 aromatic carbocycles. The summed E-state index contributed by atoms with van der Waals surface area (Å²) in [5, 5.41) is 23.5. The Balaban J connectivity index is 2.00. The molecule has 0 saturated heterocycles. The molecule has 0 spiro atoms. The lowest BCUT2D eigenvalue weighted by molar-refractivity contribution is 0.0693. The average molecular weight is 262 g/mol. The molecule has 0 unspecified atom stereocenters. The minimum absolute atomic E-state index is 0.0797. The van der Waals surface area contributed by atoms with Crippen LogP contribution in [0.4, 0.5) is 10.5 Å². The monoisotopic (exact) mass is 262 g/mol. The van der Waals surface area contributed by atoms with E-state index in [0.717, 1.165) is 12.8 Å². The number of benzene rings is 1. The quantitative estimate of drug-likeness (QED) is 0.494. The molecular formula is C13H14N2O4. The van der Waals surface area contributed by atoms with E-state index in [-0.39, 0.29) is 17.4 Å². The fraction of sp³-hybridized carbons (Fsp3) is 0.231. The third-order valence-corrected chi connectivity index (χ3v) is 2.83. The first kappa shape index (κ1) is 12.9. The summed E-state index contributed by atoms with van der Waals surface area (Å²) in [5.74, 6) is -1.58. The number of aromatic hydroxyl groups is 1. The summed E-state index contributed by atoms with van der Waals surface area (Å²) in [6, 6.07) is 3.57. The number of amides is 2. The lowest BCUT2D eigenvalue weighted by Gasteiger charge is -2.13. The minimum atomic E-state index is -1.25. The van der Waals surface area contributed by atoms with Crippen LogP contribution >= 0.6 is 0 Å². The number of aromatic carboxylic acids is 1. The number of carbonyl (C=O) groups excluding carboxylic acids is 1. The van der Waals surface area contributed by atoms with Crippen LogP contribution in [0.15, 0.2) is 30.4 Å². The molecule has 4 N–H and O–H groups in total. The van der Waals surface area contributed by atoms with Gasteiger partial charge in [0.1, 0.15) is 11.3 Å². The molecule has 0 bridgehead atoms. The van der Waals surface area contributed by atoms with E-state index in [1.165, 1.54) is 18.2 Å². The predicted octanol–water partition coefficient (Wildman–Crippen LogP) is 1.93. The summed E-state index contributed by atoms with van der Waals surface area (Å²) in [5.41, 5.74) is 0.0685. The SMILES string of the molecule is O=C(Nc1ccc(O)c(C(=O)O)c1)NC1CC=CC1. The number of urea groups is 1. The van der Waals surface area contributed by atoms with E-state index in [4.69, 9.17) is 5.11 Å². The first-order valence-electron chi connectivity index (χ1n) is 5.85. The molecule has 100 valence electrons. The van der Waals surface area contributed by atoms with Crippen molar-refractivity contribution in [3.8, 4) is 5.75 Å². The highest BCUT2D eigenvalue weighted by atomic mass is 16.4. The number of phenols is 1. The molecule has 0 saturated carbocycles. The molecular weight excluding hydrogens is 248 g/mol. The maximum Gasteiger partial charge on any atom is 0.339 e. The molecule has 0 atom stereocenters. The molecule has 0 fully saturated rings. The van der Waals surface area contributed by atoms with Gasteiger partial charge < -0.3 is 20.8 Å². The number of rotatable bonds is 3. The van der Waals surface area contributed by atoms with E-state index in [1.807, 2.05) is 12.2 Å². The van der Waals surface area contributed by atoms with Gasteiger partial charge in [0.2, 0.25) is 0 Å². The average Bonchev–Trinajstić information content (AvgIpc) is 2.84. The van der Waals surface area contributed by atoms with Crippen LogP contribution in [-0.4, -0.2) is 28.3 Å². The van der Waals surface area contributed by atoms with Crippen molar-refractivity contribution in [3.05, 3.63) is 35.9 Å². The van der Waals surface area contributed by atoms with Crippen LogP contribution < -0.4 is 10.6 Å². The second-order valence-corrected chi connectivity index (χ2v) is 4.28. The summed E-state index contributed by atoms with van der Waals surface area (Å²) < 4.78 is 0. The van der Waals surface area contributed by atoms with Crippen molar-refractivity contribution < 1.29 is 19.8 Å². The normalized spacial score (nSPS) is 14.3. The zero-order chi connectivity index (χ0) is 13.8. The molecule has 0 radical (unpaired) electrons. The fourth-order valence-electron chi connectivity index (χ4n) is 1.87. The standard InChI is InChI=1S/C13H14N2O4/c16-11-6-5-9(7-10(11)12(17)18)15-13(19)14-8-3-1-2-4-8/h1-2,5-8,16H,3-4H2,(H,17,18)(H2,14,15,19).